The molecular formula is C12H23NO. The number of amides is 1. The van der Waals surface area contributed by atoms with Crippen molar-refractivity contribution in [2.45, 2.75) is 64.8 Å². The maximum Gasteiger partial charge on any atom is 0.220 e. The van der Waals surface area contributed by atoms with Crippen LogP contribution in [0.15, 0.2) is 0 Å². The van der Waals surface area contributed by atoms with Gasteiger partial charge in [-0.3, -0.25) is 4.79 Å². The van der Waals surface area contributed by atoms with Gasteiger partial charge in [-0.1, -0.05) is 32.6 Å². The molecule has 0 spiro atoms. The van der Waals surface area contributed by atoms with E-state index in [0.29, 0.717) is 6.04 Å². The van der Waals surface area contributed by atoms with Crippen molar-refractivity contribution in [3.8, 4) is 0 Å². The fraction of sp³-hybridized carbons (Fsp3) is 0.917. The molecule has 1 rings (SSSR count). The summed E-state index contributed by atoms with van der Waals surface area (Å²) >= 11 is 0. The minimum Gasteiger partial charge on any atom is -0.354 e. The second-order valence-electron chi connectivity index (χ2n) is 4.57. The Morgan fingerprint density at radius 3 is 2.64 bits per heavy atom. The second-order valence-corrected chi connectivity index (χ2v) is 4.57. The van der Waals surface area contributed by atoms with Crippen LogP contribution < -0.4 is 5.32 Å². The smallest absolute Gasteiger partial charge is 0.220 e. The van der Waals surface area contributed by atoms with Crippen LogP contribution in [0.25, 0.3) is 0 Å². The van der Waals surface area contributed by atoms with Gasteiger partial charge in [0.2, 0.25) is 5.91 Å². The van der Waals surface area contributed by atoms with Crippen molar-refractivity contribution in [2.75, 3.05) is 0 Å². The summed E-state index contributed by atoms with van der Waals surface area (Å²) in [6.45, 7) is 4.16. The first kappa shape index (κ1) is 11.5. The van der Waals surface area contributed by atoms with Crippen LogP contribution in [0.1, 0.15) is 58.8 Å². The molecule has 1 atom stereocenters. The minimum atomic E-state index is 0.242. The molecule has 0 aromatic carbocycles. The highest BCUT2D eigenvalue weighted by Gasteiger charge is 2.16. The monoisotopic (exact) mass is 197 g/mol. The van der Waals surface area contributed by atoms with Gasteiger partial charge in [-0.25, -0.2) is 0 Å². The molecule has 1 unspecified atom stereocenters. The fourth-order valence-corrected chi connectivity index (χ4v) is 2.08. The number of carbonyl (C=O) groups is 1. The summed E-state index contributed by atoms with van der Waals surface area (Å²) in [6.07, 6.45) is 8.29. The third kappa shape index (κ3) is 4.12. The van der Waals surface area contributed by atoms with E-state index in [4.69, 9.17) is 0 Å². The molecule has 1 aliphatic carbocycles. The van der Waals surface area contributed by atoms with Gasteiger partial charge in [-0.15, -0.1) is 0 Å². The largest absolute Gasteiger partial charge is 0.354 e. The Bertz CT molecular complexity index is 173. The van der Waals surface area contributed by atoms with Gasteiger partial charge in [0, 0.05) is 12.5 Å². The van der Waals surface area contributed by atoms with Crippen LogP contribution in [0.2, 0.25) is 0 Å². The van der Waals surface area contributed by atoms with Gasteiger partial charge in [0.05, 0.1) is 0 Å². The first-order valence-corrected chi connectivity index (χ1v) is 6.01. The molecular weight excluding hydrogens is 174 g/mol. The lowest BCUT2D eigenvalue weighted by molar-refractivity contribution is -0.122. The minimum absolute atomic E-state index is 0.242. The van der Waals surface area contributed by atoms with Crippen molar-refractivity contribution in [3.05, 3.63) is 0 Å². The van der Waals surface area contributed by atoms with Crippen LogP contribution in [-0.4, -0.2) is 11.9 Å². The summed E-state index contributed by atoms with van der Waals surface area (Å²) in [5, 5.41) is 3.01. The Kier molecular flexibility index (Phi) is 4.99. The van der Waals surface area contributed by atoms with E-state index in [1.807, 2.05) is 0 Å². The van der Waals surface area contributed by atoms with E-state index in [1.165, 1.54) is 25.7 Å². The zero-order valence-electron chi connectivity index (χ0n) is 9.51. The SMILES string of the molecule is CCC(C)NC(=O)CCC1CCCC1. The van der Waals surface area contributed by atoms with Gasteiger partial charge in [-0.2, -0.15) is 0 Å². The maximum absolute atomic E-state index is 11.5. The molecule has 82 valence electrons. The van der Waals surface area contributed by atoms with Crippen LogP contribution in [0.5, 0.6) is 0 Å². The third-order valence-corrected chi connectivity index (χ3v) is 3.27. The zero-order chi connectivity index (χ0) is 10.4. The van der Waals surface area contributed by atoms with E-state index < -0.39 is 0 Å². The van der Waals surface area contributed by atoms with Crippen molar-refractivity contribution < 1.29 is 4.79 Å². The highest BCUT2D eigenvalue weighted by atomic mass is 16.1. The van der Waals surface area contributed by atoms with Gasteiger partial charge in [0.15, 0.2) is 0 Å². The lowest BCUT2D eigenvalue weighted by atomic mass is 10.0. The lowest BCUT2D eigenvalue weighted by Gasteiger charge is -2.12. The van der Waals surface area contributed by atoms with Crippen molar-refractivity contribution in [1.82, 2.24) is 5.32 Å². The summed E-state index contributed by atoms with van der Waals surface area (Å²) in [4.78, 5) is 11.5. The predicted molar refractivity (Wildman–Crippen MR) is 59.1 cm³/mol. The molecule has 1 amide bonds. The van der Waals surface area contributed by atoms with E-state index >= 15 is 0 Å². The molecule has 0 heterocycles. The summed E-state index contributed by atoms with van der Waals surface area (Å²) in [6, 6.07) is 0.339. The standard InChI is InChI=1S/C12H23NO/c1-3-10(2)13-12(14)9-8-11-6-4-5-7-11/h10-11H,3-9H2,1-2H3,(H,13,14). The fourth-order valence-electron chi connectivity index (χ4n) is 2.08. The Morgan fingerprint density at radius 1 is 1.43 bits per heavy atom. The van der Waals surface area contributed by atoms with Crippen LogP contribution in [0, 0.1) is 5.92 Å². The molecule has 14 heavy (non-hydrogen) atoms. The first-order chi connectivity index (χ1) is 6.72. The molecule has 0 aromatic heterocycles. The van der Waals surface area contributed by atoms with Gasteiger partial charge >= 0.3 is 0 Å². The Balaban J connectivity index is 2.08. The summed E-state index contributed by atoms with van der Waals surface area (Å²) in [7, 11) is 0. The van der Waals surface area contributed by atoms with Crippen molar-refractivity contribution in [2.24, 2.45) is 5.92 Å². The van der Waals surface area contributed by atoms with Crippen LogP contribution in [0.3, 0.4) is 0 Å². The number of carbonyl (C=O) groups excluding carboxylic acids is 1. The summed E-state index contributed by atoms with van der Waals surface area (Å²) in [5.74, 6) is 1.07. The molecule has 1 saturated carbocycles. The number of nitrogens with one attached hydrogen (secondary N) is 1. The van der Waals surface area contributed by atoms with Crippen molar-refractivity contribution in [3.63, 3.8) is 0 Å². The van der Waals surface area contributed by atoms with Crippen molar-refractivity contribution in [1.29, 1.82) is 0 Å². The molecule has 2 nitrogen and oxygen atoms in total. The molecule has 1 N–H and O–H groups in total. The molecule has 1 fully saturated rings. The maximum atomic E-state index is 11.5. The summed E-state index contributed by atoms with van der Waals surface area (Å²) in [5.41, 5.74) is 0. The average Bonchev–Trinajstić information content (AvgIpc) is 2.67. The lowest BCUT2D eigenvalue weighted by Crippen LogP contribution is -2.31. The van der Waals surface area contributed by atoms with E-state index in [1.54, 1.807) is 0 Å². The van der Waals surface area contributed by atoms with Gasteiger partial charge < -0.3 is 5.32 Å². The van der Waals surface area contributed by atoms with E-state index in [9.17, 15) is 4.79 Å². The second kappa shape index (κ2) is 6.05. The van der Waals surface area contributed by atoms with E-state index in [-0.39, 0.29) is 5.91 Å². The summed E-state index contributed by atoms with van der Waals surface area (Å²) < 4.78 is 0. The normalized spacial score (nSPS) is 19.6. The quantitative estimate of drug-likeness (QED) is 0.721. The molecule has 0 aliphatic heterocycles. The number of hydrogen-bond donors (Lipinski definition) is 1. The van der Waals surface area contributed by atoms with Gasteiger partial charge in [0.25, 0.3) is 0 Å². The average molecular weight is 197 g/mol. The molecule has 0 radical (unpaired) electrons. The van der Waals surface area contributed by atoms with Crippen molar-refractivity contribution >= 4 is 5.91 Å². The third-order valence-electron chi connectivity index (χ3n) is 3.27. The highest BCUT2D eigenvalue weighted by molar-refractivity contribution is 5.76. The van der Waals surface area contributed by atoms with E-state index in [0.717, 1.165) is 25.2 Å². The van der Waals surface area contributed by atoms with Crippen LogP contribution >= 0.6 is 0 Å². The van der Waals surface area contributed by atoms with Crippen LogP contribution in [0.4, 0.5) is 0 Å². The Hall–Kier alpha value is -0.530. The Labute approximate surface area is 87.5 Å². The number of hydrogen-bond acceptors (Lipinski definition) is 1. The molecule has 0 saturated heterocycles. The Morgan fingerprint density at radius 2 is 2.07 bits per heavy atom. The van der Waals surface area contributed by atoms with Gasteiger partial charge in [0.1, 0.15) is 0 Å². The highest BCUT2D eigenvalue weighted by Crippen LogP contribution is 2.28. The zero-order valence-corrected chi connectivity index (χ0v) is 9.51. The molecule has 1 aliphatic rings. The van der Waals surface area contributed by atoms with Crippen LogP contribution in [-0.2, 0) is 4.79 Å². The molecule has 2 heteroatoms. The predicted octanol–water partition coefficient (Wildman–Crippen LogP) is 2.87. The number of rotatable bonds is 5. The van der Waals surface area contributed by atoms with Gasteiger partial charge in [-0.05, 0) is 25.7 Å². The first-order valence-electron chi connectivity index (χ1n) is 6.01. The molecule has 0 bridgehead atoms. The topological polar surface area (TPSA) is 29.1 Å². The molecule has 0 aromatic rings. The van der Waals surface area contributed by atoms with E-state index in [2.05, 4.69) is 19.2 Å².